The van der Waals surface area contributed by atoms with Gasteiger partial charge in [0, 0.05) is 23.5 Å². The number of hydrogen-bond acceptors (Lipinski definition) is 6. The zero-order valence-corrected chi connectivity index (χ0v) is 20.3. The van der Waals surface area contributed by atoms with E-state index in [2.05, 4.69) is 45.7 Å². The monoisotopic (exact) mass is 474 g/mol. The van der Waals surface area contributed by atoms with Gasteiger partial charge in [0.2, 0.25) is 0 Å². The minimum Gasteiger partial charge on any atom is -0.383 e. The Morgan fingerprint density at radius 2 is 1.91 bits per heavy atom. The summed E-state index contributed by atoms with van der Waals surface area (Å²) >= 11 is 0. The third-order valence-corrected chi connectivity index (χ3v) is 7.24. The second kappa shape index (κ2) is 10.6. The molecule has 2 aromatic heterocycles. The number of nitrogens with two attached hydrogens (primary N) is 1. The number of pyridine rings is 1. The highest BCUT2D eigenvalue weighted by Gasteiger charge is 2.30. The van der Waals surface area contributed by atoms with E-state index in [9.17, 15) is 4.79 Å². The van der Waals surface area contributed by atoms with Crippen molar-refractivity contribution in [2.75, 3.05) is 25.9 Å². The first-order valence-electron chi connectivity index (χ1n) is 12.5. The number of nitrogen functional groups attached to an aromatic ring is 1. The highest BCUT2D eigenvalue weighted by Crippen LogP contribution is 2.27. The van der Waals surface area contributed by atoms with Gasteiger partial charge in [-0.1, -0.05) is 30.3 Å². The van der Waals surface area contributed by atoms with Crippen molar-refractivity contribution in [2.45, 2.75) is 56.9 Å². The van der Waals surface area contributed by atoms with Crippen molar-refractivity contribution in [1.29, 1.82) is 0 Å². The molecule has 0 bridgehead atoms. The van der Waals surface area contributed by atoms with Crippen LogP contribution in [0.25, 0.3) is 11.1 Å². The van der Waals surface area contributed by atoms with E-state index in [-0.39, 0.29) is 23.9 Å². The molecule has 35 heavy (non-hydrogen) atoms. The molecule has 3 aromatic rings. The first kappa shape index (κ1) is 23.5. The fourth-order valence-electron chi connectivity index (χ4n) is 5.08. The molecule has 1 saturated carbocycles. The fraction of sp³-hybridized carbons (Fsp3) is 0.444. The lowest BCUT2D eigenvalue weighted by Gasteiger charge is -2.28. The lowest BCUT2D eigenvalue weighted by molar-refractivity contribution is 0.0272. The molecule has 1 aliphatic heterocycles. The van der Waals surface area contributed by atoms with Gasteiger partial charge in [-0.05, 0) is 63.9 Å². The number of carbonyl (C=O) groups is 1. The molecule has 184 valence electrons. The average Bonchev–Trinajstić information content (AvgIpc) is 3.54. The Balaban J connectivity index is 1.25. The predicted octanol–water partition coefficient (Wildman–Crippen LogP) is 3.66. The van der Waals surface area contributed by atoms with E-state index < -0.39 is 0 Å². The van der Waals surface area contributed by atoms with Crippen LogP contribution < -0.4 is 11.1 Å². The second-order valence-corrected chi connectivity index (χ2v) is 9.75. The third-order valence-electron chi connectivity index (χ3n) is 7.24. The highest BCUT2D eigenvalue weighted by atomic mass is 16.5. The molecule has 3 N–H and O–H groups in total. The Morgan fingerprint density at radius 1 is 1.11 bits per heavy atom. The quantitative estimate of drug-likeness (QED) is 0.542. The van der Waals surface area contributed by atoms with Gasteiger partial charge in [-0.3, -0.25) is 9.48 Å². The summed E-state index contributed by atoms with van der Waals surface area (Å²) < 4.78 is 8.20. The number of amides is 1. The predicted molar refractivity (Wildman–Crippen MR) is 136 cm³/mol. The van der Waals surface area contributed by atoms with Crippen LogP contribution in [0, 0.1) is 0 Å². The van der Waals surface area contributed by atoms with Gasteiger partial charge in [0.1, 0.15) is 5.82 Å². The van der Waals surface area contributed by atoms with Crippen LogP contribution in [0.4, 0.5) is 5.82 Å². The second-order valence-electron chi connectivity index (χ2n) is 9.75. The summed E-state index contributed by atoms with van der Waals surface area (Å²) in [7, 11) is 2.15. The summed E-state index contributed by atoms with van der Waals surface area (Å²) in [5.41, 5.74) is 9.42. The van der Waals surface area contributed by atoms with Crippen molar-refractivity contribution in [1.82, 2.24) is 25.0 Å². The number of ether oxygens (including phenoxy) is 1. The van der Waals surface area contributed by atoms with Crippen LogP contribution in [0.15, 0.2) is 55.0 Å². The number of likely N-dealkylation sites (tertiary alicyclic amines) is 1. The average molecular weight is 475 g/mol. The number of hydrogen-bond donors (Lipinski definition) is 2. The number of aromatic nitrogens is 3. The zero-order chi connectivity index (χ0) is 24.2. The zero-order valence-electron chi connectivity index (χ0n) is 20.3. The van der Waals surface area contributed by atoms with Gasteiger partial charge in [0.05, 0.1) is 36.6 Å². The van der Waals surface area contributed by atoms with Crippen molar-refractivity contribution in [3.63, 3.8) is 0 Å². The Bertz CT molecular complexity index is 1140. The molecule has 2 fully saturated rings. The summed E-state index contributed by atoms with van der Waals surface area (Å²) in [6.45, 7) is 2.69. The number of piperidine rings is 1. The molecule has 1 saturated heterocycles. The van der Waals surface area contributed by atoms with E-state index in [1.54, 1.807) is 6.20 Å². The molecule has 5 rings (SSSR count). The molecule has 8 nitrogen and oxygen atoms in total. The van der Waals surface area contributed by atoms with Gasteiger partial charge in [-0.25, -0.2) is 4.98 Å². The largest absolute Gasteiger partial charge is 0.383 e. The van der Waals surface area contributed by atoms with Gasteiger partial charge < -0.3 is 20.7 Å². The van der Waals surface area contributed by atoms with Crippen LogP contribution in [0.5, 0.6) is 0 Å². The maximum atomic E-state index is 13.2. The van der Waals surface area contributed by atoms with Crippen molar-refractivity contribution >= 4 is 11.7 Å². The number of anilines is 1. The van der Waals surface area contributed by atoms with Crippen LogP contribution in [-0.4, -0.2) is 57.9 Å². The molecule has 0 radical (unpaired) electrons. The Kier molecular flexibility index (Phi) is 7.11. The van der Waals surface area contributed by atoms with Gasteiger partial charge in [-0.15, -0.1) is 0 Å². The number of nitrogens with one attached hydrogen (secondary N) is 1. The molecule has 1 amide bonds. The van der Waals surface area contributed by atoms with Crippen molar-refractivity contribution in [3.8, 4) is 11.1 Å². The fourth-order valence-corrected chi connectivity index (χ4v) is 5.08. The molecule has 2 atom stereocenters. The smallest absolute Gasteiger partial charge is 0.255 e. The van der Waals surface area contributed by atoms with Crippen molar-refractivity contribution in [2.24, 2.45) is 0 Å². The number of benzene rings is 1. The van der Waals surface area contributed by atoms with E-state index >= 15 is 0 Å². The van der Waals surface area contributed by atoms with Crippen molar-refractivity contribution in [3.05, 3.63) is 66.1 Å². The molecule has 1 aromatic carbocycles. The molecule has 0 spiro atoms. The highest BCUT2D eigenvalue weighted by molar-refractivity contribution is 5.99. The van der Waals surface area contributed by atoms with Crippen molar-refractivity contribution < 1.29 is 9.53 Å². The molecule has 0 unspecified atom stereocenters. The molecular weight excluding hydrogens is 440 g/mol. The minimum atomic E-state index is -0.209. The molecule has 2 aliphatic rings. The summed E-state index contributed by atoms with van der Waals surface area (Å²) in [5, 5.41) is 7.75. The van der Waals surface area contributed by atoms with E-state index in [4.69, 9.17) is 10.5 Å². The van der Waals surface area contributed by atoms with Crippen LogP contribution in [0.1, 0.15) is 54.1 Å². The van der Waals surface area contributed by atoms with Gasteiger partial charge in [0.15, 0.2) is 0 Å². The number of rotatable bonds is 7. The van der Waals surface area contributed by atoms with E-state index in [1.807, 2.05) is 35.1 Å². The van der Waals surface area contributed by atoms with Crippen LogP contribution in [0.2, 0.25) is 0 Å². The summed E-state index contributed by atoms with van der Waals surface area (Å²) in [5.74, 6) is 0.0217. The standard InChI is InChI=1S/C27H34N6O2/c1-32-12-10-22(11-13-32)33-17-21(16-30-33)20-14-23(26(28)29-15-20)27(34)31-24-8-5-9-25(24)35-18-19-6-3-2-4-7-19/h2-4,6-7,14-17,22,24-25H,5,8-13,18H2,1H3,(H2,28,29)(H,31,34)/t24-,25-/m0/s1. The SMILES string of the molecule is CN1CCC(n2cc(-c3cnc(N)c(C(=O)N[C@H]4CCC[C@@H]4OCc4ccccc4)c3)cn2)CC1. The number of nitrogens with zero attached hydrogens (tertiary/aromatic N) is 4. The molecule has 8 heteroatoms. The maximum absolute atomic E-state index is 13.2. The van der Waals surface area contributed by atoms with Crippen LogP contribution in [-0.2, 0) is 11.3 Å². The van der Waals surface area contributed by atoms with E-state index in [0.717, 1.165) is 61.9 Å². The van der Waals surface area contributed by atoms with Gasteiger partial charge in [-0.2, -0.15) is 5.10 Å². The Labute approximate surface area is 206 Å². The normalized spacial score (nSPS) is 21.3. The first-order chi connectivity index (χ1) is 17.1. The van der Waals surface area contributed by atoms with Gasteiger partial charge >= 0.3 is 0 Å². The Hall–Kier alpha value is -3.23. The molecule has 3 heterocycles. The maximum Gasteiger partial charge on any atom is 0.255 e. The molecule has 1 aliphatic carbocycles. The number of carbonyl (C=O) groups excluding carboxylic acids is 1. The lowest BCUT2D eigenvalue weighted by atomic mass is 10.1. The summed E-state index contributed by atoms with van der Waals surface area (Å²) in [6.07, 6.45) is 10.6. The third kappa shape index (κ3) is 5.55. The molecular formula is C27H34N6O2. The minimum absolute atomic E-state index is 0.00991. The first-order valence-corrected chi connectivity index (χ1v) is 12.5. The lowest BCUT2D eigenvalue weighted by Crippen LogP contribution is -2.41. The van der Waals surface area contributed by atoms with Gasteiger partial charge in [0.25, 0.3) is 5.91 Å². The summed E-state index contributed by atoms with van der Waals surface area (Å²) in [4.78, 5) is 19.9. The van der Waals surface area contributed by atoms with Crippen LogP contribution >= 0.6 is 0 Å². The Morgan fingerprint density at radius 3 is 2.71 bits per heavy atom. The summed E-state index contributed by atoms with van der Waals surface area (Å²) in [6, 6.07) is 12.3. The topological polar surface area (TPSA) is 98.3 Å². The van der Waals surface area contributed by atoms with E-state index in [0.29, 0.717) is 18.2 Å². The van der Waals surface area contributed by atoms with Crippen LogP contribution in [0.3, 0.4) is 0 Å². The van der Waals surface area contributed by atoms with E-state index in [1.165, 1.54) is 0 Å².